The van der Waals surface area contributed by atoms with Crippen molar-refractivity contribution in [2.45, 2.75) is 32.2 Å². The SMILES string of the molecule is CC(CC(=O)N1CCc2cc(C(=O)NO)ccc2C1)c1cccc2ccccc12. The summed E-state index contributed by atoms with van der Waals surface area (Å²) in [6.07, 6.45) is 1.17. The average Bonchev–Trinajstić information content (AvgIpc) is 2.77. The van der Waals surface area contributed by atoms with Gasteiger partial charge >= 0.3 is 0 Å². The van der Waals surface area contributed by atoms with Crippen molar-refractivity contribution in [3.8, 4) is 0 Å². The maximum atomic E-state index is 13.0. The zero-order chi connectivity index (χ0) is 20.4. The van der Waals surface area contributed by atoms with Gasteiger partial charge in [0.05, 0.1) is 0 Å². The van der Waals surface area contributed by atoms with E-state index in [-0.39, 0.29) is 11.8 Å². The molecular weight excluding hydrogens is 364 g/mol. The minimum absolute atomic E-state index is 0.130. The molecule has 1 aliphatic rings. The molecule has 2 N–H and O–H groups in total. The summed E-state index contributed by atoms with van der Waals surface area (Å²) in [7, 11) is 0. The molecule has 0 spiro atoms. The van der Waals surface area contributed by atoms with E-state index in [1.54, 1.807) is 17.6 Å². The van der Waals surface area contributed by atoms with Crippen LogP contribution in [0.3, 0.4) is 0 Å². The maximum Gasteiger partial charge on any atom is 0.274 e. The lowest BCUT2D eigenvalue weighted by Crippen LogP contribution is -2.36. The van der Waals surface area contributed by atoms with Gasteiger partial charge < -0.3 is 4.90 Å². The second kappa shape index (κ2) is 8.05. The minimum atomic E-state index is -0.518. The van der Waals surface area contributed by atoms with Gasteiger partial charge in [-0.25, -0.2) is 5.48 Å². The number of nitrogens with zero attached hydrogens (tertiary/aromatic N) is 1. The molecule has 148 valence electrons. The van der Waals surface area contributed by atoms with E-state index in [9.17, 15) is 9.59 Å². The van der Waals surface area contributed by atoms with Crippen molar-refractivity contribution < 1.29 is 14.8 Å². The lowest BCUT2D eigenvalue weighted by atomic mass is 9.91. The van der Waals surface area contributed by atoms with E-state index in [1.807, 2.05) is 23.1 Å². The van der Waals surface area contributed by atoms with Crippen molar-refractivity contribution >= 4 is 22.6 Å². The van der Waals surface area contributed by atoms with Gasteiger partial charge in [0.25, 0.3) is 5.91 Å². The predicted octanol–water partition coefficient (Wildman–Crippen LogP) is 4.04. The first-order valence-corrected chi connectivity index (χ1v) is 9.88. The van der Waals surface area contributed by atoms with Crippen LogP contribution in [-0.2, 0) is 17.8 Å². The molecule has 2 amide bonds. The van der Waals surface area contributed by atoms with E-state index >= 15 is 0 Å². The Labute approximate surface area is 169 Å². The summed E-state index contributed by atoms with van der Waals surface area (Å²) in [4.78, 5) is 26.5. The van der Waals surface area contributed by atoms with Gasteiger partial charge in [0, 0.05) is 25.1 Å². The number of benzene rings is 3. The lowest BCUT2D eigenvalue weighted by Gasteiger charge is -2.30. The van der Waals surface area contributed by atoms with E-state index in [4.69, 9.17) is 5.21 Å². The average molecular weight is 388 g/mol. The largest absolute Gasteiger partial charge is 0.338 e. The van der Waals surface area contributed by atoms with Crippen molar-refractivity contribution in [2.75, 3.05) is 6.54 Å². The molecule has 0 radical (unpaired) electrons. The van der Waals surface area contributed by atoms with Crippen LogP contribution < -0.4 is 5.48 Å². The minimum Gasteiger partial charge on any atom is -0.338 e. The van der Waals surface area contributed by atoms with Crippen LogP contribution in [0.25, 0.3) is 10.8 Å². The quantitative estimate of drug-likeness (QED) is 0.524. The molecular formula is C24H24N2O3. The van der Waals surface area contributed by atoms with Crippen LogP contribution in [0.15, 0.2) is 60.7 Å². The number of amides is 2. The van der Waals surface area contributed by atoms with Gasteiger partial charge in [-0.2, -0.15) is 0 Å². The zero-order valence-corrected chi connectivity index (χ0v) is 16.4. The Hall–Kier alpha value is -3.18. The van der Waals surface area contributed by atoms with Crippen LogP contribution in [-0.4, -0.2) is 28.5 Å². The number of rotatable bonds is 4. The van der Waals surface area contributed by atoms with E-state index in [0.717, 1.165) is 11.1 Å². The number of nitrogens with one attached hydrogen (secondary N) is 1. The fourth-order valence-corrected chi connectivity index (χ4v) is 4.15. The molecule has 0 bridgehead atoms. The molecule has 1 aliphatic heterocycles. The molecule has 4 rings (SSSR count). The number of carbonyl (C=O) groups excluding carboxylic acids is 2. The Kier molecular flexibility index (Phi) is 5.32. The zero-order valence-electron chi connectivity index (χ0n) is 16.4. The molecule has 3 aromatic carbocycles. The summed E-state index contributed by atoms with van der Waals surface area (Å²) in [5, 5.41) is 11.2. The number of carbonyl (C=O) groups is 2. The summed E-state index contributed by atoms with van der Waals surface area (Å²) in [6.45, 7) is 3.30. The Bertz CT molecular complexity index is 1070. The van der Waals surface area contributed by atoms with Crippen molar-refractivity contribution in [3.05, 3.63) is 82.9 Å². The van der Waals surface area contributed by atoms with E-state index < -0.39 is 5.91 Å². The normalized spacial score (nSPS) is 14.3. The lowest BCUT2D eigenvalue weighted by molar-refractivity contribution is -0.132. The smallest absolute Gasteiger partial charge is 0.274 e. The van der Waals surface area contributed by atoms with Crippen LogP contribution in [0.4, 0.5) is 0 Å². The van der Waals surface area contributed by atoms with Crippen molar-refractivity contribution in [1.82, 2.24) is 10.4 Å². The van der Waals surface area contributed by atoms with Gasteiger partial charge in [-0.3, -0.25) is 14.8 Å². The molecule has 5 heteroatoms. The number of hydrogen-bond acceptors (Lipinski definition) is 3. The molecule has 5 nitrogen and oxygen atoms in total. The van der Waals surface area contributed by atoms with Crippen molar-refractivity contribution in [1.29, 1.82) is 0 Å². The second-order valence-corrected chi connectivity index (χ2v) is 7.66. The molecule has 0 aliphatic carbocycles. The van der Waals surface area contributed by atoms with Crippen LogP contribution in [0.1, 0.15) is 46.3 Å². The third kappa shape index (κ3) is 3.87. The Morgan fingerprint density at radius 1 is 1.07 bits per heavy atom. The summed E-state index contributed by atoms with van der Waals surface area (Å²) < 4.78 is 0. The van der Waals surface area contributed by atoms with Gasteiger partial charge in [0.2, 0.25) is 5.91 Å². The van der Waals surface area contributed by atoms with E-state index in [2.05, 4.69) is 37.3 Å². The summed E-state index contributed by atoms with van der Waals surface area (Å²) in [5.74, 6) is -0.242. The molecule has 1 atom stereocenters. The van der Waals surface area contributed by atoms with Gasteiger partial charge in [-0.1, -0.05) is 55.5 Å². The predicted molar refractivity (Wildman–Crippen MR) is 112 cm³/mol. The van der Waals surface area contributed by atoms with Gasteiger partial charge in [-0.15, -0.1) is 0 Å². The highest BCUT2D eigenvalue weighted by Crippen LogP contribution is 2.29. The van der Waals surface area contributed by atoms with Crippen molar-refractivity contribution in [3.63, 3.8) is 0 Å². The van der Waals surface area contributed by atoms with E-state index in [0.29, 0.717) is 31.5 Å². The van der Waals surface area contributed by atoms with Crippen LogP contribution in [0.2, 0.25) is 0 Å². The summed E-state index contributed by atoms with van der Waals surface area (Å²) >= 11 is 0. The number of hydrogen-bond donors (Lipinski definition) is 2. The van der Waals surface area contributed by atoms with Crippen LogP contribution >= 0.6 is 0 Å². The van der Waals surface area contributed by atoms with Gasteiger partial charge in [0.1, 0.15) is 0 Å². The fourth-order valence-electron chi connectivity index (χ4n) is 4.15. The topological polar surface area (TPSA) is 69.6 Å². The molecule has 0 saturated heterocycles. The molecule has 0 fully saturated rings. The highest BCUT2D eigenvalue weighted by atomic mass is 16.5. The Balaban J connectivity index is 1.47. The third-order valence-electron chi connectivity index (χ3n) is 5.77. The Morgan fingerprint density at radius 2 is 1.86 bits per heavy atom. The first-order chi connectivity index (χ1) is 14.1. The Morgan fingerprint density at radius 3 is 2.69 bits per heavy atom. The highest BCUT2D eigenvalue weighted by molar-refractivity contribution is 5.93. The molecule has 1 heterocycles. The molecule has 0 aromatic heterocycles. The van der Waals surface area contributed by atoms with Gasteiger partial charge in [0.15, 0.2) is 0 Å². The number of fused-ring (bicyclic) bond motifs is 2. The highest BCUT2D eigenvalue weighted by Gasteiger charge is 2.23. The molecule has 1 unspecified atom stereocenters. The monoisotopic (exact) mass is 388 g/mol. The number of hydroxylamine groups is 1. The third-order valence-corrected chi connectivity index (χ3v) is 5.77. The summed E-state index contributed by atoms with van der Waals surface area (Å²) in [6, 6.07) is 19.9. The summed E-state index contributed by atoms with van der Waals surface area (Å²) in [5.41, 5.74) is 5.40. The molecule has 3 aromatic rings. The fraction of sp³-hybridized carbons (Fsp3) is 0.250. The van der Waals surface area contributed by atoms with E-state index in [1.165, 1.54) is 16.3 Å². The second-order valence-electron chi connectivity index (χ2n) is 7.66. The maximum absolute atomic E-state index is 13.0. The van der Waals surface area contributed by atoms with Crippen molar-refractivity contribution in [2.24, 2.45) is 0 Å². The van der Waals surface area contributed by atoms with Crippen LogP contribution in [0.5, 0.6) is 0 Å². The van der Waals surface area contributed by atoms with Gasteiger partial charge in [-0.05, 0) is 51.9 Å². The first-order valence-electron chi connectivity index (χ1n) is 9.88. The first kappa shape index (κ1) is 19.2. The molecule has 0 saturated carbocycles. The molecule has 29 heavy (non-hydrogen) atoms. The standard InChI is InChI=1S/C24H24N2O3/c1-16(21-8-4-6-17-5-2-3-7-22(17)21)13-23(27)26-12-11-18-14-19(24(28)25-29)9-10-20(18)15-26/h2-10,14,16,29H,11-13,15H2,1H3,(H,25,28). The van der Waals surface area contributed by atoms with Crippen LogP contribution in [0, 0.1) is 0 Å².